The molecule has 2 rings (SSSR count). The van der Waals surface area contributed by atoms with Crippen LogP contribution in [-0.2, 0) is 0 Å². The first-order valence-corrected chi connectivity index (χ1v) is 8.16. The molecule has 23 heavy (non-hydrogen) atoms. The Labute approximate surface area is 151 Å². The average Bonchev–Trinajstić information content (AvgIpc) is 2.51. The number of halogens is 2. The van der Waals surface area contributed by atoms with E-state index >= 15 is 0 Å². The molecule has 7 heteroatoms. The summed E-state index contributed by atoms with van der Waals surface area (Å²) in [4.78, 5) is 18.6. The van der Waals surface area contributed by atoms with E-state index in [1.54, 1.807) is 13.1 Å². The van der Waals surface area contributed by atoms with Gasteiger partial charge in [-0.05, 0) is 70.7 Å². The van der Waals surface area contributed by atoms with Crippen LogP contribution in [0.25, 0.3) is 0 Å². The van der Waals surface area contributed by atoms with Crippen LogP contribution in [0, 0.1) is 39.0 Å². The van der Waals surface area contributed by atoms with Crippen molar-refractivity contribution in [2.75, 3.05) is 0 Å². The van der Waals surface area contributed by atoms with Crippen molar-refractivity contribution in [3.63, 3.8) is 0 Å². The van der Waals surface area contributed by atoms with Crippen molar-refractivity contribution in [1.82, 2.24) is 9.97 Å². The van der Waals surface area contributed by atoms with Crippen LogP contribution in [0.5, 0.6) is 0 Å². The third-order valence-corrected chi connectivity index (χ3v) is 5.56. The fourth-order valence-corrected chi connectivity index (χ4v) is 2.37. The lowest BCUT2D eigenvalue weighted by Gasteiger charge is -2.04. The normalized spacial score (nSPS) is 9.61. The molecule has 0 aliphatic heterocycles. The summed E-state index contributed by atoms with van der Waals surface area (Å²) < 4.78 is 1.69. The second-order valence-electron chi connectivity index (χ2n) is 4.81. The number of pyridine rings is 2. The molecule has 0 atom stereocenters. The van der Waals surface area contributed by atoms with Gasteiger partial charge in [0.25, 0.3) is 0 Å². The van der Waals surface area contributed by atoms with Crippen LogP contribution in [0.2, 0.25) is 0 Å². The van der Waals surface area contributed by atoms with Crippen molar-refractivity contribution in [3.8, 4) is 6.07 Å². The summed E-state index contributed by atoms with van der Waals surface area (Å²) in [7, 11) is 0. The van der Waals surface area contributed by atoms with Gasteiger partial charge in [0.1, 0.15) is 6.07 Å². The van der Waals surface area contributed by atoms with Crippen LogP contribution in [0.4, 0.5) is 0 Å². The maximum atomic E-state index is 10.6. The maximum Gasteiger partial charge on any atom is 0.337 e. The molecule has 0 aliphatic carbocycles. The van der Waals surface area contributed by atoms with E-state index in [2.05, 4.69) is 47.9 Å². The number of aryl methyl sites for hydroxylation is 2. The molecule has 0 bridgehead atoms. The Bertz CT molecular complexity index is 799. The van der Waals surface area contributed by atoms with Gasteiger partial charge in [-0.15, -0.1) is 0 Å². The zero-order valence-electron chi connectivity index (χ0n) is 13.1. The van der Waals surface area contributed by atoms with Gasteiger partial charge in [-0.2, -0.15) is 5.26 Å². The molecule has 0 unspecified atom stereocenters. The standard InChI is InChI=1S/C8H7BrN2.C8H8BrNO2/c1-5-7(3-10)4-11-6(2)8(5)9;1-4-6(8(11)12)3-10-5(2)7(4)9/h4H,1-2H3;3H,1-2H3,(H,11,12). The van der Waals surface area contributed by atoms with Gasteiger partial charge in [0, 0.05) is 21.3 Å². The number of carbonyl (C=O) groups is 1. The lowest BCUT2D eigenvalue weighted by Crippen LogP contribution is -2.02. The average molecular weight is 441 g/mol. The monoisotopic (exact) mass is 439 g/mol. The van der Waals surface area contributed by atoms with E-state index in [0.29, 0.717) is 5.56 Å². The van der Waals surface area contributed by atoms with Gasteiger partial charge in [-0.1, -0.05) is 0 Å². The molecule has 2 aromatic heterocycles. The predicted molar refractivity (Wildman–Crippen MR) is 94.5 cm³/mol. The zero-order chi connectivity index (χ0) is 17.7. The highest BCUT2D eigenvalue weighted by Crippen LogP contribution is 2.22. The van der Waals surface area contributed by atoms with Crippen molar-refractivity contribution in [3.05, 3.63) is 55.0 Å². The van der Waals surface area contributed by atoms with Crippen molar-refractivity contribution in [1.29, 1.82) is 5.26 Å². The van der Waals surface area contributed by atoms with E-state index in [4.69, 9.17) is 10.4 Å². The number of hydrogen-bond acceptors (Lipinski definition) is 4. The van der Waals surface area contributed by atoms with Crippen molar-refractivity contribution in [2.24, 2.45) is 0 Å². The highest BCUT2D eigenvalue weighted by molar-refractivity contribution is 9.10. The molecule has 0 aliphatic rings. The minimum Gasteiger partial charge on any atom is -0.478 e. The van der Waals surface area contributed by atoms with Gasteiger partial charge in [0.2, 0.25) is 0 Å². The Kier molecular flexibility index (Phi) is 6.85. The summed E-state index contributed by atoms with van der Waals surface area (Å²) >= 11 is 6.63. The molecule has 0 radical (unpaired) electrons. The first-order chi connectivity index (χ1) is 10.7. The summed E-state index contributed by atoms with van der Waals surface area (Å²) in [5.41, 5.74) is 4.27. The SMILES string of the molecule is Cc1ncc(C#N)c(C)c1Br.Cc1ncc(C(=O)O)c(C)c1Br. The molecule has 2 aromatic rings. The lowest BCUT2D eigenvalue weighted by atomic mass is 10.1. The van der Waals surface area contributed by atoms with Crippen LogP contribution in [-0.4, -0.2) is 21.0 Å². The minimum atomic E-state index is -0.944. The van der Waals surface area contributed by atoms with Gasteiger partial charge < -0.3 is 5.11 Å². The smallest absolute Gasteiger partial charge is 0.337 e. The van der Waals surface area contributed by atoms with Crippen LogP contribution >= 0.6 is 31.9 Å². The molecule has 0 saturated carbocycles. The first-order valence-electron chi connectivity index (χ1n) is 6.57. The quantitative estimate of drug-likeness (QED) is 0.705. The van der Waals surface area contributed by atoms with E-state index in [-0.39, 0.29) is 5.56 Å². The van der Waals surface area contributed by atoms with Crippen LogP contribution in [0.15, 0.2) is 21.3 Å². The van der Waals surface area contributed by atoms with E-state index in [1.165, 1.54) is 6.20 Å². The van der Waals surface area contributed by atoms with Gasteiger partial charge in [-0.25, -0.2) is 4.79 Å². The van der Waals surface area contributed by atoms with E-state index in [9.17, 15) is 4.79 Å². The van der Waals surface area contributed by atoms with E-state index < -0.39 is 5.97 Å². The molecule has 2 heterocycles. The molecule has 0 aromatic carbocycles. The topological polar surface area (TPSA) is 86.9 Å². The molecular formula is C16H15Br2N3O2. The Balaban J connectivity index is 0.000000231. The number of rotatable bonds is 1. The van der Waals surface area contributed by atoms with Crippen molar-refractivity contribution >= 4 is 37.8 Å². The Hall–Kier alpha value is -1.78. The zero-order valence-corrected chi connectivity index (χ0v) is 16.3. The molecule has 1 N–H and O–H groups in total. The molecule has 120 valence electrons. The van der Waals surface area contributed by atoms with Crippen LogP contribution in [0.1, 0.15) is 38.4 Å². The van der Waals surface area contributed by atoms with Crippen molar-refractivity contribution in [2.45, 2.75) is 27.7 Å². The Morgan fingerprint density at radius 1 is 1.04 bits per heavy atom. The third-order valence-electron chi connectivity index (χ3n) is 3.23. The largest absolute Gasteiger partial charge is 0.478 e. The first kappa shape index (κ1) is 19.3. The number of nitriles is 1. The number of carboxylic acids is 1. The van der Waals surface area contributed by atoms with Gasteiger partial charge in [0.05, 0.1) is 22.5 Å². The molecular weight excluding hydrogens is 426 g/mol. The molecule has 0 amide bonds. The third kappa shape index (κ3) is 4.60. The minimum absolute atomic E-state index is 0.243. The summed E-state index contributed by atoms with van der Waals surface area (Å²) in [6, 6.07) is 2.07. The molecule has 0 spiro atoms. The second-order valence-corrected chi connectivity index (χ2v) is 6.40. The Morgan fingerprint density at radius 2 is 1.52 bits per heavy atom. The van der Waals surface area contributed by atoms with Crippen molar-refractivity contribution < 1.29 is 9.90 Å². The molecule has 0 saturated heterocycles. The predicted octanol–water partition coefficient (Wildman–Crippen LogP) is 4.49. The molecule has 5 nitrogen and oxygen atoms in total. The van der Waals surface area contributed by atoms with Crippen LogP contribution < -0.4 is 0 Å². The Morgan fingerprint density at radius 3 is 2.00 bits per heavy atom. The summed E-state index contributed by atoms with van der Waals surface area (Å²) in [6.07, 6.45) is 2.97. The van der Waals surface area contributed by atoms with Crippen LogP contribution in [0.3, 0.4) is 0 Å². The van der Waals surface area contributed by atoms with Gasteiger partial charge in [-0.3, -0.25) is 9.97 Å². The number of aromatic carboxylic acids is 1. The highest BCUT2D eigenvalue weighted by Gasteiger charge is 2.11. The lowest BCUT2D eigenvalue weighted by molar-refractivity contribution is 0.0695. The fourth-order valence-electron chi connectivity index (χ4n) is 1.74. The van der Waals surface area contributed by atoms with Gasteiger partial charge >= 0.3 is 5.97 Å². The highest BCUT2D eigenvalue weighted by atomic mass is 79.9. The number of aromatic nitrogens is 2. The summed E-state index contributed by atoms with van der Waals surface area (Å²) in [6.45, 7) is 7.38. The summed E-state index contributed by atoms with van der Waals surface area (Å²) in [5.74, 6) is -0.944. The maximum absolute atomic E-state index is 10.6. The van der Waals surface area contributed by atoms with E-state index in [0.717, 1.165) is 31.5 Å². The van der Waals surface area contributed by atoms with E-state index in [1.807, 2.05) is 20.8 Å². The summed E-state index contributed by atoms with van der Waals surface area (Å²) in [5, 5.41) is 17.3. The second kappa shape index (κ2) is 8.18. The van der Waals surface area contributed by atoms with Gasteiger partial charge in [0.15, 0.2) is 0 Å². The number of hydrogen-bond donors (Lipinski definition) is 1. The number of carboxylic acid groups (broad SMARTS) is 1. The fraction of sp³-hybridized carbons (Fsp3) is 0.250. The molecule has 0 fully saturated rings. The number of nitrogens with zero attached hydrogens (tertiary/aromatic N) is 3.